The minimum atomic E-state index is -3.86. The first kappa shape index (κ1) is 22.9. The smallest absolute Gasteiger partial charge is 0.387 e. The molecule has 32 heavy (non-hydrogen) atoms. The number of carbonyl (C=O) groups excluding carboxylic acids is 1. The minimum Gasteiger partial charge on any atom is -0.433 e. The molecular formula is C22H23ClF2N2O4S. The fourth-order valence-corrected chi connectivity index (χ4v) is 6.26. The molecule has 0 atom stereocenters. The summed E-state index contributed by atoms with van der Waals surface area (Å²) in [6.07, 6.45) is 3.77. The van der Waals surface area contributed by atoms with Gasteiger partial charge in [0, 0.05) is 25.2 Å². The summed E-state index contributed by atoms with van der Waals surface area (Å²) in [5, 5.41) is 0.0351. The zero-order valence-electron chi connectivity index (χ0n) is 17.3. The van der Waals surface area contributed by atoms with Crippen LogP contribution in [0.15, 0.2) is 41.3 Å². The molecule has 2 aromatic rings. The highest BCUT2D eigenvalue weighted by molar-refractivity contribution is 7.89. The SMILES string of the molecule is O=C(c1ccc(Cl)c(S(=O)(=O)N2CCCCC2)c1)N1CCCc2cccc(OC(F)F)c21. The molecule has 6 nitrogen and oxygen atoms in total. The van der Waals surface area contributed by atoms with Gasteiger partial charge in [0.2, 0.25) is 10.0 Å². The third kappa shape index (κ3) is 4.46. The largest absolute Gasteiger partial charge is 0.433 e. The number of sulfonamides is 1. The summed E-state index contributed by atoms with van der Waals surface area (Å²) in [4.78, 5) is 14.6. The molecular weight excluding hydrogens is 462 g/mol. The Hall–Kier alpha value is -2.23. The Morgan fingerprint density at radius 1 is 1.03 bits per heavy atom. The fourth-order valence-electron chi connectivity index (χ4n) is 4.24. The van der Waals surface area contributed by atoms with Crippen molar-refractivity contribution in [2.24, 2.45) is 0 Å². The van der Waals surface area contributed by atoms with Crippen molar-refractivity contribution in [1.82, 2.24) is 4.31 Å². The summed E-state index contributed by atoms with van der Waals surface area (Å²) in [7, 11) is -3.86. The van der Waals surface area contributed by atoms with Gasteiger partial charge >= 0.3 is 6.61 Å². The molecule has 0 radical (unpaired) electrons. The topological polar surface area (TPSA) is 66.9 Å². The number of carbonyl (C=O) groups is 1. The van der Waals surface area contributed by atoms with E-state index in [0.29, 0.717) is 38.2 Å². The van der Waals surface area contributed by atoms with Crippen LogP contribution in [0.2, 0.25) is 5.02 Å². The number of ether oxygens (including phenoxy) is 1. The molecule has 0 saturated carbocycles. The number of aryl methyl sites for hydroxylation is 1. The molecule has 0 aliphatic carbocycles. The maximum atomic E-state index is 13.4. The van der Waals surface area contributed by atoms with E-state index in [1.54, 1.807) is 12.1 Å². The van der Waals surface area contributed by atoms with Gasteiger partial charge in [0.15, 0.2) is 0 Å². The van der Waals surface area contributed by atoms with Gasteiger partial charge in [-0.25, -0.2) is 8.42 Å². The second-order valence-corrected chi connectivity index (χ2v) is 10.1. The molecule has 1 fully saturated rings. The Morgan fingerprint density at radius 2 is 1.78 bits per heavy atom. The lowest BCUT2D eigenvalue weighted by Crippen LogP contribution is -2.37. The van der Waals surface area contributed by atoms with Crippen LogP contribution in [-0.2, 0) is 16.4 Å². The van der Waals surface area contributed by atoms with Gasteiger partial charge in [-0.05, 0) is 55.5 Å². The molecule has 0 spiro atoms. The third-order valence-electron chi connectivity index (χ3n) is 5.75. The number of alkyl halides is 2. The van der Waals surface area contributed by atoms with E-state index in [9.17, 15) is 22.0 Å². The molecule has 0 bridgehead atoms. The van der Waals surface area contributed by atoms with Crippen LogP contribution in [0.3, 0.4) is 0 Å². The molecule has 0 N–H and O–H groups in total. The standard InChI is InChI=1S/C22H23ClF2N2O4S/c23-17-10-9-16(14-19(17)32(29,30)26-11-2-1-3-12-26)21(28)27-13-5-7-15-6-4-8-18(20(15)27)31-22(24)25/h4,6,8-10,14,22H,1-3,5,7,11-13H2. The van der Waals surface area contributed by atoms with Crippen LogP contribution in [0.1, 0.15) is 41.6 Å². The van der Waals surface area contributed by atoms with Gasteiger partial charge in [-0.1, -0.05) is 30.2 Å². The molecule has 172 valence electrons. The number of hydrogen-bond acceptors (Lipinski definition) is 4. The second-order valence-electron chi connectivity index (χ2n) is 7.81. The average molecular weight is 485 g/mol. The van der Waals surface area contributed by atoms with Gasteiger partial charge < -0.3 is 9.64 Å². The zero-order chi connectivity index (χ0) is 22.9. The third-order valence-corrected chi connectivity index (χ3v) is 8.13. The number of rotatable bonds is 5. The second kappa shape index (κ2) is 9.33. The van der Waals surface area contributed by atoms with Crippen molar-refractivity contribution in [2.45, 2.75) is 43.6 Å². The highest BCUT2D eigenvalue weighted by Crippen LogP contribution is 2.38. The summed E-state index contributed by atoms with van der Waals surface area (Å²) in [5.41, 5.74) is 1.13. The van der Waals surface area contributed by atoms with Gasteiger partial charge in [0.1, 0.15) is 10.6 Å². The lowest BCUT2D eigenvalue weighted by molar-refractivity contribution is -0.0495. The van der Waals surface area contributed by atoms with Gasteiger partial charge in [-0.15, -0.1) is 0 Å². The summed E-state index contributed by atoms with van der Waals surface area (Å²) >= 11 is 6.22. The van der Waals surface area contributed by atoms with Crippen molar-refractivity contribution >= 4 is 33.2 Å². The predicted octanol–water partition coefficient (Wildman–Crippen LogP) is 4.71. The van der Waals surface area contributed by atoms with Gasteiger partial charge in [0.25, 0.3) is 5.91 Å². The molecule has 2 aliphatic heterocycles. The number of halogens is 3. The summed E-state index contributed by atoms with van der Waals surface area (Å²) < 4.78 is 58.2. The Kier molecular flexibility index (Phi) is 6.69. The number of fused-ring (bicyclic) bond motifs is 1. The van der Waals surface area contributed by atoms with E-state index in [0.717, 1.165) is 24.8 Å². The van der Waals surface area contributed by atoms with Crippen molar-refractivity contribution in [3.63, 3.8) is 0 Å². The first-order chi connectivity index (χ1) is 15.3. The molecule has 1 amide bonds. The molecule has 2 aliphatic rings. The number of anilines is 1. The number of benzene rings is 2. The molecule has 2 heterocycles. The van der Waals surface area contributed by atoms with E-state index in [2.05, 4.69) is 4.74 Å². The fraction of sp³-hybridized carbons (Fsp3) is 0.409. The number of para-hydroxylation sites is 1. The first-order valence-corrected chi connectivity index (χ1v) is 12.3. The highest BCUT2D eigenvalue weighted by Gasteiger charge is 2.31. The van der Waals surface area contributed by atoms with Crippen molar-refractivity contribution < 1.29 is 26.7 Å². The lowest BCUT2D eigenvalue weighted by atomic mass is 10.00. The zero-order valence-corrected chi connectivity index (χ0v) is 18.8. The van der Waals surface area contributed by atoms with E-state index in [-0.39, 0.29) is 21.2 Å². The summed E-state index contributed by atoms with van der Waals surface area (Å²) in [6, 6.07) is 8.88. The summed E-state index contributed by atoms with van der Waals surface area (Å²) in [5.74, 6) is -0.580. The van der Waals surface area contributed by atoms with Gasteiger partial charge in [-0.3, -0.25) is 4.79 Å². The number of piperidine rings is 1. The van der Waals surface area contributed by atoms with E-state index < -0.39 is 22.5 Å². The highest BCUT2D eigenvalue weighted by atomic mass is 35.5. The molecule has 1 saturated heterocycles. The normalized spacial score (nSPS) is 17.3. The number of amides is 1. The average Bonchev–Trinajstić information content (AvgIpc) is 2.79. The van der Waals surface area contributed by atoms with Crippen molar-refractivity contribution in [3.05, 3.63) is 52.5 Å². The Morgan fingerprint density at radius 3 is 2.50 bits per heavy atom. The maximum absolute atomic E-state index is 13.4. The van der Waals surface area contributed by atoms with E-state index in [1.807, 2.05) is 0 Å². The van der Waals surface area contributed by atoms with Crippen molar-refractivity contribution in [1.29, 1.82) is 0 Å². The van der Waals surface area contributed by atoms with Crippen LogP contribution in [0.5, 0.6) is 5.75 Å². The molecule has 4 rings (SSSR count). The van der Waals surface area contributed by atoms with E-state index in [4.69, 9.17) is 11.6 Å². The summed E-state index contributed by atoms with van der Waals surface area (Å²) in [6.45, 7) is -1.92. The van der Waals surface area contributed by atoms with Gasteiger partial charge in [0.05, 0.1) is 10.7 Å². The van der Waals surface area contributed by atoms with Crippen LogP contribution in [0, 0.1) is 0 Å². The predicted molar refractivity (Wildman–Crippen MR) is 117 cm³/mol. The Labute approximate surface area is 190 Å². The van der Waals surface area contributed by atoms with E-state index >= 15 is 0 Å². The monoisotopic (exact) mass is 484 g/mol. The van der Waals surface area contributed by atoms with Crippen LogP contribution in [0.4, 0.5) is 14.5 Å². The Balaban J connectivity index is 1.71. The van der Waals surface area contributed by atoms with Crippen LogP contribution in [0.25, 0.3) is 0 Å². The van der Waals surface area contributed by atoms with Crippen molar-refractivity contribution in [3.8, 4) is 5.75 Å². The molecule has 10 heteroatoms. The van der Waals surface area contributed by atoms with E-state index in [1.165, 1.54) is 33.5 Å². The molecule has 2 aromatic carbocycles. The van der Waals surface area contributed by atoms with Crippen LogP contribution < -0.4 is 9.64 Å². The number of hydrogen-bond donors (Lipinski definition) is 0. The lowest BCUT2D eigenvalue weighted by Gasteiger charge is -2.31. The maximum Gasteiger partial charge on any atom is 0.387 e. The van der Waals surface area contributed by atoms with Gasteiger partial charge in [-0.2, -0.15) is 13.1 Å². The minimum absolute atomic E-state index is 0.0351. The Bertz CT molecular complexity index is 1120. The van der Waals surface area contributed by atoms with Crippen LogP contribution in [-0.4, -0.2) is 44.9 Å². The quantitative estimate of drug-likeness (QED) is 0.616. The first-order valence-electron chi connectivity index (χ1n) is 10.5. The molecule has 0 unspecified atom stereocenters. The molecule has 0 aromatic heterocycles. The number of nitrogens with zero attached hydrogens (tertiary/aromatic N) is 2. The van der Waals surface area contributed by atoms with Crippen LogP contribution >= 0.6 is 11.6 Å². The van der Waals surface area contributed by atoms with Crippen molar-refractivity contribution in [2.75, 3.05) is 24.5 Å².